The molecule has 0 unspecified atom stereocenters. The van der Waals surface area contributed by atoms with Crippen LogP contribution in [0.15, 0.2) is 23.0 Å². The number of furan rings is 1. The number of unbranched alkanes of at least 4 members (excludes halogenated alkanes) is 1. The van der Waals surface area contributed by atoms with E-state index in [2.05, 4.69) is 6.92 Å². The Bertz CT molecular complexity index is 584. The van der Waals surface area contributed by atoms with Gasteiger partial charge in [-0.1, -0.05) is 13.3 Å². The lowest BCUT2D eigenvalue weighted by Gasteiger charge is -2.20. The molecule has 1 heterocycles. The molecular weight excluding hydrogens is 347 g/mol. The van der Waals surface area contributed by atoms with E-state index in [0.29, 0.717) is 5.56 Å². The van der Waals surface area contributed by atoms with Gasteiger partial charge in [0.2, 0.25) is 0 Å². The van der Waals surface area contributed by atoms with Gasteiger partial charge in [-0.25, -0.2) is 0 Å². The third kappa shape index (κ3) is 6.25. The average Bonchev–Trinajstić information content (AvgIpc) is 2.97. The second-order valence-corrected chi connectivity index (χ2v) is 8.29. The van der Waals surface area contributed by atoms with Gasteiger partial charge in [0.1, 0.15) is 0 Å². The van der Waals surface area contributed by atoms with E-state index < -0.39 is 7.60 Å². The molecule has 24 heavy (non-hydrogen) atoms. The van der Waals surface area contributed by atoms with Gasteiger partial charge in [-0.3, -0.25) is 9.36 Å². The first-order valence-electron chi connectivity index (χ1n) is 8.23. The first kappa shape index (κ1) is 21.2. The van der Waals surface area contributed by atoms with E-state index in [1.165, 1.54) is 19.3 Å². The van der Waals surface area contributed by atoms with E-state index in [0.717, 1.165) is 29.9 Å². The van der Waals surface area contributed by atoms with Crippen LogP contribution < -0.4 is 0 Å². The van der Waals surface area contributed by atoms with Gasteiger partial charge in [-0.05, 0) is 39.0 Å². The highest BCUT2D eigenvalue weighted by molar-refractivity contribution is 7.98. The summed E-state index contributed by atoms with van der Waals surface area (Å²) in [6, 6.07) is 0. The molecule has 136 valence electrons. The third-order valence-corrected chi connectivity index (χ3v) is 6.40. The molecule has 0 aliphatic heterocycles. The average molecular weight is 374 g/mol. The number of carbonyl (C=O) groups is 1. The maximum atomic E-state index is 13.2. The number of thioether (sulfide) groups is 1. The van der Waals surface area contributed by atoms with Crippen LogP contribution in [0.25, 0.3) is 5.31 Å². The van der Waals surface area contributed by atoms with Crippen LogP contribution in [0.4, 0.5) is 0 Å². The summed E-state index contributed by atoms with van der Waals surface area (Å²) in [5, 5.41) is 0.276. The molecule has 1 aromatic heterocycles. The van der Waals surface area contributed by atoms with Gasteiger partial charge in [-0.15, -0.1) is 0 Å². The lowest BCUT2D eigenvalue weighted by atomic mass is 10.2. The molecule has 0 N–H and O–H groups in total. The van der Waals surface area contributed by atoms with Crippen molar-refractivity contribution in [2.45, 2.75) is 46.3 Å². The topological polar surface area (TPSA) is 65.7 Å². The Morgan fingerprint density at radius 2 is 1.92 bits per heavy atom. The Morgan fingerprint density at radius 1 is 1.25 bits per heavy atom. The molecule has 5 nitrogen and oxygen atoms in total. The Balaban J connectivity index is 3.16. The van der Waals surface area contributed by atoms with Crippen molar-refractivity contribution < 1.29 is 22.8 Å². The van der Waals surface area contributed by atoms with E-state index >= 15 is 0 Å². The van der Waals surface area contributed by atoms with Gasteiger partial charge in [0.05, 0.1) is 31.1 Å². The lowest BCUT2D eigenvalue weighted by molar-refractivity contribution is -0.112. The second kappa shape index (κ2) is 10.9. The minimum atomic E-state index is -3.57. The van der Waals surface area contributed by atoms with Gasteiger partial charge in [-0.2, -0.15) is 11.8 Å². The Labute approximate surface area is 148 Å². The first-order chi connectivity index (χ1) is 11.5. The van der Waals surface area contributed by atoms with E-state index in [1.54, 1.807) is 31.9 Å². The molecule has 0 saturated carbocycles. The standard InChI is InChI=1S/C17H27O5PS/c1-5-8-9-24-13-15-11-20-12-16(15)17(10-14(4)18)23(19,21-6-2)22-7-3/h10-12H,5-9,13H2,1-4H3. The highest BCUT2D eigenvalue weighted by Crippen LogP contribution is 2.61. The zero-order chi connectivity index (χ0) is 18.0. The zero-order valence-corrected chi connectivity index (χ0v) is 16.6. The predicted octanol–water partition coefficient (Wildman–Crippen LogP) is 5.51. The molecule has 1 aromatic rings. The summed E-state index contributed by atoms with van der Waals surface area (Å²) in [5.41, 5.74) is 1.52. The minimum absolute atomic E-state index is 0.213. The monoisotopic (exact) mass is 374 g/mol. The van der Waals surface area contributed by atoms with Crippen molar-refractivity contribution in [3.63, 3.8) is 0 Å². The molecule has 0 bridgehead atoms. The number of ketones is 1. The molecule has 7 heteroatoms. The fourth-order valence-electron chi connectivity index (χ4n) is 2.10. The molecule has 1 rings (SSSR count). The molecule has 0 atom stereocenters. The maximum Gasteiger partial charge on any atom is 0.362 e. The van der Waals surface area contributed by atoms with Gasteiger partial charge in [0.15, 0.2) is 5.78 Å². The zero-order valence-electron chi connectivity index (χ0n) is 14.9. The molecule has 0 aliphatic rings. The molecule has 0 radical (unpaired) electrons. The quantitative estimate of drug-likeness (QED) is 0.273. The molecule has 0 amide bonds. The van der Waals surface area contributed by atoms with Crippen LogP contribution >= 0.6 is 19.4 Å². The molecule has 0 fully saturated rings. The number of carbonyl (C=O) groups excluding carboxylic acids is 1. The van der Waals surface area contributed by atoms with Crippen LogP contribution in [0.2, 0.25) is 0 Å². The van der Waals surface area contributed by atoms with Crippen molar-refractivity contribution in [2.75, 3.05) is 19.0 Å². The number of rotatable bonds is 12. The summed E-state index contributed by atoms with van der Waals surface area (Å²) >= 11 is 1.78. The Morgan fingerprint density at radius 3 is 2.46 bits per heavy atom. The number of hydrogen-bond acceptors (Lipinski definition) is 6. The van der Waals surface area contributed by atoms with E-state index in [4.69, 9.17) is 13.5 Å². The van der Waals surface area contributed by atoms with Crippen LogP contribution in [0.1, 0.15) is 51.7 Å². The Kier molecular flexibility index (Phi) is 9.67. The molecule has 0 aromatic carbocycles. The number of allylic oxidation sites excluding steroid dienone is 1. The van der Waals surface area contributed by atoms with E-state index in [9.17, 15) is 9.36 Å². The normalized spacial score (nSPS) is 12.6. The largest absolute Gasteiger partial charge is 0.472 e. The summed E-state index contributed by atoms with van der Waals surface area (Å²) in [6.45, 7) is 7.51. The smallest absolute Gasteiger partial charge is 0.362 e. The molecular formula is C17H27O5PS. The van der Waals surface area contributed by atoms with Crippen LogP contribution in [0.5, 0.6) is 0 Å². The first-order valence-corrected chi connectivity index (χ1v) is 10.9. The predicted molar refractivity (Wildman–Crippen MR) is 99.3 cm³/mol. The second-order valence-electron chi connectivity index (χ2n) is 5.19. The maximum absolute atomic E-state index is 13.2. The Hall–Kier alpha value is -0.810. The van der Waals surface area contributed by atoms with Gasteiger partial charge in [0.25, 0.3) is 0 Å². The van der Waals surface area contributed by atoms with Crippen molar-refractivity contribution in [1.82, 2.24) is 0 Å². The van der Waals surface area contributed by atoms with Crippen LogP contribution in [0.3, 0.4) is 0 Å². The molecule has 0 spiro atoms. The summed E-state index contributed by atoms with van der Waals surface area (Å²) in [7, 11) is -3.57. The van der Waals surface area contributed by atoms with Crippen molar-refractivity contribution in [3.8, 4) is 0 Å². The lowest BCUT2D eigenvalue weighted by Crippen LogP contribution is -2.01. The fraction of sp³-hybridized carbons (Fsp3) is 0.588. The molecule has 0 aliphatic carbocycles. The van der Waals surface area contributed by atoms with Crippen molar-refractivity contribution in [3.05, 3.63) is 29.7 Å². The summed E-state index contributed by atoms with van der Waals surface area (Å²) in [5.74, 6) is 1.55. The van der Waals surface area contributed by atoms with Crippen molar-refractivity contribution in [1.29, 1.82) is 0 Å². The van der Waals surface area contributed by atoms with Crippen molar-refractivity contribution >= 4 is 30.5 Å². The van der Waals surface area contributed by atoms with Gasteiger partial charge in [0, 0.05) is 16.9 Å². The van der Waals surface area contributed by atoms with Gasteiger partial charge < -0.3 is 13.5 Å². The van der Waals surface area contributed by atoms with Crippen molar-refractivity contribution in [2.24, 2.45) is 0 Å². The van der Waals surface area contributed by atoms with Crippen LogP contribution in [-0.4, -0.2) is 24.7 Å². The van der Waals surface area contributed by atoms with E-state index in [1.807, 2.05) is 0 Å². The SMILES string of the molecule is CCCCSCc1cocc1C(=CC(C)=O)P(=O)(OCC)OCC. The number of hydrogen-bond donors (Lipinski definition) is 0. The minimum Gasteiger partial charge on any atom is -0.472 e. The summed E-state index contributed by atoms with van der Waals surface area (Å²) in [4.78, 5) is 11.7. The fourth-order valence-corrected chi connectivity index (χ4v) is 5.05. The molecule has 0 saturated heterocycles. The summed E-state index contributed by atoms with van der Waals surface area (Å²) < 4.78 is 29.3. The van der Waals surface area contributed by atoms with Crippen LogP contribution in [-0.2, 0) is 24.2 Å². The highest BCUT2D eigenvalue weighted by Gasteiger charge is 2.33. The van der Waals surface area contributed by atoms with Crippen LogP contribution in [0, 0.1) is 0 Å². The van der Waals surface area contributed by atoms with E-state index in [-0.39, 0.29) is 24.3 Å². The highest BCUT2D eigenvalue weighted by atomic mass is 32.2. The summed E-state index contributed by atoms with van der Waals surface area (Å²) in [6.07, 6.45) is 6.76. The van der Waals surface area contributed by atoms with Gasteiger partial charge >= 0.3 is 7.60 Å². The third-order valence-electron chi connectivity index (χ3n) is 3.15.